The van der Waals surface area contributed by atoms with Crippen LogP contribution in [0, 0.1) is 27.4 Å². The molecular weight excluding hydrogens is 356 g/mol. The van der Waals surface area contributed by atoms with Crippen molar-refractivity contribution >= 4 is 17.3 Å². The van der Waals surface area contributed by atoms with E-state index in [2.05, 4.69) is 12.2 Å². The molecule has 0 spiro atoms. The lowest BCUT2D eigenvalue weighted by Crippen LogP contribution is -2.33. The summed E-state index contributed by atoms with van der Waals surface area (Å²) in [5.74, 6) is 0.258. The number of carbonyl (C=O) groups excluding carboxylic acids is 1. The minimum atomic E-state index is -0.426. The Bertz CT molecular complexity index is 910. The van der Waals surface area contributed by atoms with E-state index in [9.17, 15) is 14.9 Å². The average molecular weight is 378 g/mol. The van der Waals surface area contributed by atoms with Gasteiger partial charge in [0.2, 0.25) is 0 Å². The SMILES string of the molecule is CC1CCN(c2ccc(C(=O)NCc3ccc(C#N)cc3)cc2[N+](=O)[O-])CC1. The molecule has 1 heterocycles. The highest BCUT2D eigenvalue weighted by molar-refractivity contribution is 5.95. The summed E-state index contributed by atoms with van der Waals surface area (Å²) in [4.78, 5) is 25.6. The first-order chi connectivity index (χ1) is 13.5. The minimum absolute atomic E-state index is 0.0411. The van der Waals surface area contributed by atoms with Crippen molar-refractivity contribution in [1.29, 1.82) is 5.26 Å². The van der Waals surface area contributed by atoms with E-state index in [1.807, 2.05) is 11.0 Å². The van der Waals surface area contributed by atoms with Crippen LogP contribution in [0.1, 0.15) is 41.3 Å². The number of nitriles is 1. The Morgan fingerprint density at radius 3 is 2.54 bits per heavy atom. The standard InChI is InChI=1S/C21H22N4O3/c1-15-8-10-24(11-9-15)19-7-6-18(12-20(19)25(27)28)21(26)23-14-17-4-2-16(13-22)3-5-17/h2-7,12,15H,8-11,14H2,1H3,(H,23,26). The van der Waals surface area contributed by atoms with E-state index < -0.39 is 4.92 Å². The topological polar surface area (TPSA) is 99.3 Å². The number of hydrogen-bond acceptors (Lipinski definition) is 5. The van der Waals surface area contributed by atoms with Crippen molar-refractivity contribution in [3.8, 4) is 6.07 Å². The van der Waals surface area contributed by atoms with E-state index in [-0.39, 0.29) is 23.7 Å². The van der Waals surface area contributed by atoms with Gasteiger partial charge in [-0.1, -0.05) is 19.1 Å². The van der Waals surface area contributed by atoms with Crippen molar-refractivity contribution in [3.63, 3.8) is 0 Å². The van der Waals surface area contributed by atoms with Crippen molar-refractivity contribution in [3.05, 3.63) is 69.3 Å². The summed E-state index contributed by atoms with van der Waals surface area (Å²) < 4.78 is 0. The number of anilines is 1. The molecule has 0 atom stereocenters. The van der Waals surface area contributed by atoms with Gasteiger partial charge >= 0.3 is 0 Å². The number of nitro groups is 1. The summed E-state index contributed by atoms with van der Waals surface area (Å²) in [6.45, 7) is 4.04. The minimum Gasteiger partial charge on any atom is -0.366 e. The van der Waals surface area contributed by atoms with E-state index in [4.69, 9.17) is 5.26 Å². The van der Waals surface area contributed by atoms with Gasteiger partial charge in [-0.15, -0.1) is 0 Å². The summed E-state index contributed by atoms with van der Waals surface area (Å²) in [5.41, 5.74) is 2.19. The molecule has 28 heavy (non-hydrogen) atoms. The molecule has 144 valence electrons. The molecular formula is C21H22N4O3. The smallest absolute Gasteiger partial charge is 0.293 e. The van der Waals surface area contributed by atoms with Gasteiger partial charge in [0.15, 0.2) is 0 Å². The van der Waals surface area contributed by atoms with Gasteiger partial charge in [0.05, 0.1) is 16.6 Å². The molecule has 3 rings (SSSR count). The molecule has 7 nitrogen and oxygen atoms in total. The highest BCUT2D eigenvalue weighted by Gasteiger charge is 2.24. The zero-order valence-electron chi connectivity index (χ0n) is 15.7. The molecule has 1 aliphatic heterocycles. The Balaban J connectivity index is 1.72. The number of nitro benzene ring substituents is 1. The first kappa shape index (κ1) is 19.4. The Morgan fingerprint density at radius 2 is 1.93 bits per heavy atom. The lowest BCUT2D eigenvalue weighted by molar-refractivity contribution is -0.384. The van der Waals surface area contributed by atoms with Crippen LogP contribution >= 0.6 is 0 Å². The largest absolute Gasteiger partial charge is 0.366 e. The van der Waals surface area contributed by atoms with Crippen LogP contribution in [0.4, 0.5) is 11.4 Å². The van der Waals surface area contributed by atoms with Gasteiger partial charge in [-0.25, -0.2) is 0 Å². The van der Waals surface area contributed by atoms with Crippen LogP contribution in [0.2, 0.25) is 0 Å². The van der Waals surface area contributed by atoms with Crippen LogP contribution < -0.4 is 10.2 Å². The van der Waals surface area contributed by atoms with Gasteiger partial charge in [0.25, 0.3) is 11.6 Å². The highest BCUT2D eigenvalue weighted by atomic mass is 16.6. The van der Waals surface area contributed by atoms with E-state index in [0.29, 0.717) is 17.2 Å². The highest BCUT2D eigenvalue weighted by Crippen LogP contribution is 2.32. The van der Waals surface area contributed by atoms with Gasteiger partial charge in [-0.05, 0) is 48.6 Å². The van der Waals surface area contributed by atoms with Crippen LogP contribution in [0.15, 0.2) is 42.5 Å². The predicted molar refractivity (Wildman–Crippen MR) is 106 cm³/mol. The molecule has 1 fully saturated rings. The molecule has 1 saturated heterocycles. The van der Waals surface area contributed by atoms with Gasteiger partial charge in [-0.3, -0.25) is 14.9 Å². The third-order valence-electron chi connectivity index (χ3n) is 5.09. The number of nitrogens with zero attached hydrogens (tertiary/aromatic N) is 3. The number of hydrogen-bond donors (Lipinski definition) is 1. The maximum absolute atomic E-state index is 12.4. The predicted octanol–water partition coefficient (Wildman–Crippen LogP) is 3.63. The molecule has 0 unspecified atom stereocenters. The Kier molecular flexibility index (Phi) is 5.90. The molecule has 1 aliphatic rings. The second-order valence-corrected chi connectivity index (χ2v) is 7.12. The molecule has 0 aliphatic carbocycles. The third-order valence-corrected chi connectivity index (χ3v) is 5.09. The fourth-order valence-electron chi connectivity index (χ4n) is 3.31. The number of piperidine rings is 1. The molecule has 0 aromatic heterocycles. The molecule has 0 radical (unpaired) electrons. The van der Waals surface area contributed by atoms with Crippen LogP contribution in [0.3, 0.4) is 0 Å². The van der Waals surface area contributed by atoms with Gasteiger partial charge in [-0.2, -0.15) is 5.26 Å². The zero-order valence-corrected chi connectivity index (χ0v) is 15.7. The Hall–Kier alpha value is -3.40. The first-order valence-corrected chi connectivity index (χ1v) is 9.28. The third kappa shape index (κ3) is 4.46. The molecule has 0 bridgehead atoms. The summed E-state index contributed by atoms with van der Waals surface area (Å²) in [7, 11) is 0. The fraction of sp³-hybridized carbons (Fsp3) is 0.333. The van der Waals surface area contributed by atoms with E-state index in [0.717, 1.165) is 31.5 Å². The summed E-state index contributed by atoms with van der Waals surface area (Å²) in [6, 6.07) is 13.6. The van der Waals surface area contributed by atoms with Crippen LogP contribution in [0.25, 0.3) is 0 Å². The van der Waals surface area contributed by atoms with Gasteiger partial charge in [0, 0.05) is 31.3 Å². The van der Waals surface area contributed by atoms with Crippen LogP contribution in [-0.4, -0.2) is 23.9 Å². The lowest BCUT2D eigenvalue weighted by atomic mass is 9.98. The van der Waals surface area contributed by atoms with Crippen molar-refractivity contribution in [2.75, 3.05) is 18.0 Å². The second-order valence-electron chi connectivity index (χ2n) is 7.12. The lowest BCUT2D eigenvalue weighted by Gasteiger charge is -2.31. The normalized spacial score (nSPS) is 14.4. The molecule has 0 saturated carbocycles. The van der Waals surface area contributed by atoms with Crippen LogP contribution in [0.5, 0.6) is 0 Å². The first-order valence-electron chi connectivity index (χ1n) is 9.28. The number of rotatable bonds is 5. The van der Waals surface area contributed by atoms with Gasteiger partial charge < -0.3 is 10.2 Å². The van der Waals surface area contributed by atoms with Crippen molar-refractivity contribution < 1.29 is 9.72 Å². The molecule has 1 N–H and O–H groups in total. The molecule has 2 aromatic rings. The molecule has 7 heteroatoms. The maximum atomic E-state index is 12.4. The summed E-state index contributed by atoms with van der Waals surface area (Å²) in [5, 5.41) is 23.1. The van der Waals surface area contributed by atoms with Crippen molar-refractivity contribution in [2.24, 2.45) is 5.92 Å². The maximum Gasteiger partial charge on any atom is 0.293 e. The number of nitrogens with one attached hydrogen (secondary N) is 1. The van der Waals surface area contributed by atoms with Crippen LogP contribution in [-0.2, 0) is 6.54 Å². The Morgan fingerprint density at radius 1 is 1.25 bits per heavy atom. The Labute approximate surface area is 163 Å². The second kappa shape index (κ2) is 8.53. The number of benzene rings is 2. The molecule has 1 amide bonds. The van der Waals surface area contributed by atoms with E-state index in [1.165, 1.54) is 6.07 Å². The van der Waals surface area contributed by atoms with Crippen molar-refractivity contribution in [1.82, 2.24) is 5.32 Å². The summed E-state index contributed by atoms with van der Waals surface area (Å²) in [6.07, 6.45) is 2.01. The zero-order chi connectivity index (χ0) is 20.1. The van der Waals surface area contributed by atoms with Gasteiger partial charge in [0.1, 0.15) is 5.69 Å². The number of amides is 1. The van der Waals surface area contributed by atoms with Crippen molar-refractivity contribution in [2.45, 2.75) is 26.3 Å². The van der Waals surface area contributed by atoms with E-state index in [1.54, 1.807) is 36.4 Å². The van der Waals surface area contributed by atoms with E-state index >= 15 is 0 Å². The fourth-order valence-corrected chi connectivity index (χ4v) is 3.31. The molecule has 2 aromatic carbocycles. The monoisotopic (exact) mass is 378 g/mol. The summed E-state index contributed by atoms with van der Waals surface area (Å²) >= 11 is 0. The number of carbonyl (C=O) groups is 1. The quantitative estimate of drug-likeness (QED) is 0.633. The average Bonchev–Trinajstić information content (AvgIpc) is 2.72.